The molecule has 3 rings (SSSR count). The van der Waals surface area contributed by atoms with Gasteiger partial charge in [0.2, 0.25) is 0 Å². The molecule has 2 N–H and O–H groups in total. The van der Waals surface area contributed by atoms with Gasteiger partial charge in [0.15, 0.2) is 5.78 Å². The van der Waals surface area contributed by atoms with Crippen molar-refractivity contribution in [2.75, 3.05) is 33.4 Å². The van der Waals surface area contributed by atoms with Crippen molar-refractivity contribution in [2.45, 2.75) is 52.0 Å². The Hall–Kier alpha value is -3.04. The number of aliphatic carboxylic acids is 2. The number of hydrogen-bond donors (Lipinski definition) is 2. The average molecular weight is 488 g/mol. The highest BCUT2D eigenvalue weighted by atomic mass is 16.5. The van der Waals surface area contributed by atoms with Gasteiger partial charge in [0.25, 0.3) is 0 Å². The lowest BCUT2D eigenvalue weighted by Crippen LogP contribution is -2.34. The van der Waals surface area contributed by atoms with Crippen LogP contribution in [-0.4, -0.2) is 76.0 Å². The quantitative estimate of drug-likeness (QED) is 0.277. The van der Waals surface area contributed by atoms with Gasteiger partial charge in [-0.15, -0.1) is 0 Å². The van der Waals surface area contributed by atoms with Crippen molar-refractivity contribution in [1.82, 2.24) is 14.7 Å². The highest BCUT2D eigenvalue weighted by Gasteiger charge is 2.21. The first-order valence-corrected chi connectivity index (χ1v) is 12.1. The molecule has 1 aromatic heterocycles. The maximum Gasteiger partial charge on any atom is 0.328 e. The number of benzene rings is 1. The second-order valence-electron chi connectivity index (χ2n) is 9.05. The van der Waals surface area contributed by atoms with Gasteiger partial charge in [0.1, 0.15) is 5.52 Å². The lowest BCUT2D eigenvalue weighted by molar-refractivity contribution is -0.134. The molecule has 0 unspecified atom stereocenters. The van der Waals surface area contributed by atoms with E-state index in [1.54, 1.807) is 7.11 Å². The van der Waals surface area contributed by atoms with Crippen LogP contribution >= 0.6 is 0 Å². The Morgan fingerprint density at radius 2 is 1.80 bits per heavy atom. The van der Waals surface area contributed by atoms with E-state index in [1.165, 1.54) is 12.8 Å². The van der Waals surface area contributed by atoms with E-state index in [0.717, 1.165) is 55.5 Å². The third kappa shape index (κ3) is 9.62. The van der Waals surface area contributed by atoms with E-state index in [1.807, 2.05) is 29.1 Å². The number of aromatic nitrogens is 2. The van der Waals surface area contributed by atoms with Crippen LogP contribution in [-0.2, 0) is 14.3 Å². The number of piperidine rings is 1. The van der Waals surface area contributed by atoms with Crippen molar-refractivity contribution in [2.24, 2.45) is 5.92 Å². The first-order chi connectivity index (χ1) is 16.7. The van der Waals surface area contributed by atoms with Crippen LogP contribution in [0.3, 0.4) is 0 Å². The van der Waals surface area contributed by atoms with E-state index in [0.29, 0.717) is 30.5 Å². The predicted octanol–water partition coefficient (Wildman–Crippen LogP) is 4.04. The Bertz CT molecular complexity index is 990. The van der Waals surface area contributed by atoms with Crippen LogP contribution < -0.4 is 0 Å². The van der Waals surface area contributed by atoms with E-state index in [-0.39, 0.29) is 5.78 Å². The Balaban J connectivity index is 0.000000466. The maximum atomic E-state index is 12.8. The summed E-state index contributed by atoms with van der Waals surface area (Å²) in [5.41, 5.74) is 1.63. The second kappa shape index (κ2) is 14.4. The molecule has 9 heteroatoms. The number of likely N-dealkylation sites (tertiary alicyclic amines) is 1. The third-order valence-corrected chi connectivity index (χ3v) is 6.06. The summed E-state index contributed by atoms with van der Waals surface area (Å²) in [4.78, 5) is 34.5. The molecule has 2 heterocycles. The predicted molar refractivity (Wildman–Crippen MR) is 134 cm³/mol. The van der Waals surface area contributed by atoms with Gasteiger partial charge in [-0.25, -0.2) is 9.59 Å². The number of carbonyl (C=O) groups excluding carboxylic acids is 1. The molecule has 192 valence electrons. The maximum absolute atomic E-state index is 12.8. The fourth-order valence-corrected chi connectivity index (χ4v) is 4.10. The zero-order valence-corrected chi connectivity index (χ0v) is 20.9. The number of Topliss-reactive ketones (excluding diaryl/α,β-unsaturated/α-hetero) is 1. The number of nitrogens with zero attached hydrogens (tertiary/aromatic N) is 3. The summed E-state index contributed by atoms with van der Waals surface area (Å²) in [5, 5.41) is 21.3. The normalized spacial score (nSPS) is 14.9. The summed E-state index contributed by atoms with van der Waals surface area (Å²) < 4.78 is 7.08. The van der Waals surface area contributed by atoms with Gasteiger partial charge in [0.05, 0.1) is 0 Å². The van der Waals surface area contributed by atoms with Crippen molar-refractivity contribution in [1.29, 1.82) is 0 Å². The molecule has 1 aliphatic rings. The minimum absolute atomic E-state index is 0.233. The summed E-state index contributed by atoms with van der Waals surface area (Å²) in [6.07, 6.45) is 8.28. The van der Waals surface area contributed by atoms with Gasteiger partial charge in [-0.05, 0) is 64.6 Å². The van der Waals surface area contributed by atoms with Gasteiger partial charge < -0.3 is 19.8 Å². The topological polar surface area (TPSA) is 122 Å². The molecule has 1 fully saturated rings. The molecule has 1 saturated heterocycles. The van der Waals surface area contributed by atoms with Gasteiger partial charge in [-0.3, -0.25) is 9.48 Å². The zero-order chi connectivity index (χ0) is 25.8. The Kier molecular flexibility index (Phi) is 11.6. The number of carboxylic acids is 2. The first-order valence-electron chi connectivity index (χ1n) is 12.1. The van der Waals surface area contributed by atoms with Crippen LogP contribution in [0.25, 0.3) is 10.9 Å². The summed E-state index contributed by atoms with van der Waals surface area (Å²) in [6, 6.07) is 6.24. The molecule has 0 radical (unpaired) electrons. The fourth-order valence-electron chi connectivity index (χ4n) is 4.10. The summed E-state index contributed by atoms with van der Waals surface area (Å²) >= 11 is 0. The van der Waals surface area contributed by atoms with Gasteiger partial charge in [-0.2, -0.15) is 5.10 Å². The molecule has 1 aromatic carbocycles. The number of methoxy groups -OCH3 is 1. The largest absolute Gasteiger partial charge is 0.478 e. The molecule has 9 nitrogen and oxygen atoms in total. The number of ether oxygens (including phenoxy) is 1. The minimum atomic E-state index is -1.26. The average Bonchev–Trinajstić information content (AvgIpc) is 3.28. The van der Waals surface area contributed by atoms with Crippen LogP contribution in [0.15, 0.2) is 36.5 Å². The van der Waals surface area contributed by atoms with Crippen LogP contribution in [0, 0.1) is 5.92 Å². The van der Waals surface area contributed by atoms with Crippen molar-refractivity contribution in [3.05, 3.63) is 42.1 Å². The lowest BCUT2D eigenvalue weighted by Gasteiger charge is -2.31. The smallest absolute Gasteiger partial charge is 0.328 e. The molecular weight excluding hydrogens is 450 g/mol. The molecule has 2 aromatic rings. The van der Waals surface area contributed by atoms with Gasteiger partial charge in [0, 0.05) is 62.0 Å². The van der Waals surface area contributed by atoms with Crippen LogP contribution in [0.2, 0.25) is 0 Å². The Labute approximate surface area is 206 Å². The van der Waals surface area contributed by atoms with Gasteiger partial charge in [-0.1, -0.05) is 12.1 Å². The number of hydrogen-bond acceptors (Lipinski definition) is 6. The van der Waals surface area contributed by atoms with Crippen LogP contribution in [0.4, 0.5) is 0 Å². The highest BCUT2D eigenvalue weighted by Crippen LogP contribution is 2.25. The summed E-state index contributed by atoms with van der Waals surface area (Å²) in [6.45, 7) is 8.48. The van der Waals surface area contributed by atoms with E-state index >= 15 is 0 Å². The van der Waals surface area contributed by atoms with Crippen LogP contribution in [0.5, 0.6) is 0 Å². The van der Waals surface area contributed by atoms with Crippen molar-refractivity contribution in [3.8, 4) is 0 Å². The van der Waals surface area contributed by atoms with Gasteiger partial charge >= 0.3 is 11.9 Å². The van der Waals surface area contributed by atoms with Crippen molar-refractivity contribution >= 4 is 28.6 Å². The first kappa shape index (κ1) is 28.2. The number of carbonyl (C=O) groups is 3. The molecule has 35 heavy (non-hydrogen) atoms. The lowest BCUT2D eigenvalue weighted by atomic mass is 9.90. The van der Waals surface area contributed by atoms with E-state index in [9.17, 15) is 14.4 Å². The van der Waals surface area contributed by atoms with E-state index < -0.39 is 11.9 Å². The second-order valence-corrected chi connectivity index (χ2v) is 9.05. The molecule has 0 saturated carbocycles. The van der Waals surface area contributed by atoms with Crippen molar-refractivity contribution in [3.63, 3.8) is 0 Å². The molecule has 1 aliphatic heterocycles. The van der Waals surface area contributed by atoms with Crippen LogP contribution in [0.1, 0.15) is 62.4 Å². The Morgan fingerprint density at radius 1 is 1.14 bits per heavy atom. The number of ketones is 1. The minimum Gasteiger partial charge on any atom is -0.478 e. The van der Waals surface area contributed by atoms with E-state index in [4.69, 9.17) is 14.9 Å². The number of carboxylic acid groups (broad SMARTS) is 2. The number of rotatable bonds is 11. The summed E-state index contributed by atoms with van der Waals surface area (Å²) in [7, 11) is 1.76. The molecule has 0 aliphatic carbocycles. The number of fused-ring (bicyclic) bond motifs is 1. The van der Waals surface area contributed by atoms with E-state index in [2.05, 4.69) is 23.8 Å². The standard InChI is InChI=1S/C22H33N3O2.C4H4O4/c1-17(2)25-16-19-6-4-7-20(22(19)23-25)21(26)9-8-18-10-13-24(14-11-18)12-5-15-27-3;5-3(6)1-2-4(7)8/h4,6-7,16-18H,5,8-15H2,1-3H3;1-2H,(H,5,6)(H,7,8)/b;2-1+. The Morgan fingerprint density at radius 3 is 2.37 bits per heavy atom. The fraction of sp³-hybridized carbons (Fsp3) is 0.538. The molecule has 0 amide bonds. The molecule has 0 bridgehead atoms. The van der Waals surface area contributed by atoms with Crippen molar-refractivity contribution < 1.29 is 29.3 Å². The third-order valence-electron chi connectivity index (χ3n) is 6.06. The molecule has 0 atom stereocenters. The zero-order valence-electron chi connectivity index (χ0n) is 20.9. The molecule has 0 spiro atoms. The summed E-state index contributed by atoms with van der Waals surface area (Å²) in [5.74, 6) is -1.61. The molecular formula is C26H37N3O6. The SMILES string of the molecule is COCCCN1CCC(CCC(=O)c2cccc3cn(C(C)C)nc23)CC1.O=C(O)/C=C/C(=O)O. The highest BCUT2D eigenvalue weighted by molar-refractivity contribution is 6.06. The monoisotopic (exact) mass is 487 g/mol.